The number of rotatable bonds is 6. The second kappa shape index (κ2) is 11.0. The second-order valence-corrected chi connectivity index (χ2v) is 7.83. The van der Waals surface area contributed by atoms with Crippen LogP contribution in [0.3, 0.4) is 0 Å². The summed E-state index contributed by atoms with van der Waals surface area (Å²) in [5.74, 6) is -0.146. The molecule has 0 saturated carbocycles. The largest absolute Gasteiger partial charge is 0.513 e. The number of alkyl halides is 3. The zero-order chi connectivity index (χ0) is 24.7. The number of hydrogen-bond acceptors (Lipinski definition) is 5. The van der Waals surface area contributed by atoms with E-state index >= 15 is 0 Å². The van der Waals surface area contributed by atoms with E-state index in [4.69, 9.17) is 9.47 Å². The van der Waals surface area contributed by atoms with Gasteiger partial charge in [0.05, 0.1) is 12.2 Å². The van der Waals surface area contributed by atoms with Crippen molar-refractivity contribution >= 4 is 18.0 Å². The molecular weight excluding hydrogens is 453 g/mol. The number of nitrogens with zero attached hydrogens (tertiary/aromatic N) is 1. The fourth-order valence-corrected chi connectivity index (χ4v) is 3.58. The lowest BCUT2D eigenvalue weighted by atomic mass is 9.96. The third-order valence-electron chi connectivity index (χ3n) is 5.49. The topological polar surface area (TPSA) is 84.9 Å². The van der Waals surface area contributed by atoms with Gasteiger partial charge in [0.1, 0.15) is 5.75 Å². The molecule has 0 unspecified atom stereocenters. The van der Waals surface area contributed by atoms with Crippen molar-refractivity contribution in [2.45, 2.75) is 25.9 Å². The smallest absolute Gasteiger partial charge is 0.434 e. The minimum absolute atomic E-state index is 0.144. The van der Waals surface area contributed by atoms with Gasteiger partial charge < -0.3 is 19.7 Å². The average molecular weight is 478 g/mol. The number of amides is 2. The molecule has 1 saturated heterocycles. The summed E-state index contributed by atoms with van der Waals surface area (Å²) >= 11 is 0. The number of nitrogens with one attached hydrogen (secondary N) is 1. The van der Waals surface area contributed by atoms with E-state index < -0.39 is 23.8 Å². The van der Waals surface area contributed by atoms with Crippen LogP contribution in [-0.4, -0.2) is 49.1 Å². The molecule has 0 atom stereocenters. The Morgan fingerprint density at radius 1 is 0.971 bits per heavy atom. The van der Waals surface area contributed by atoms with Gasteiger partial charge in [0, 0.05) is 30.8 Å². The Bertz CT molecular complexity index is 999. The number of ether oxygens (including phenoxy) is 2. The first-order valence-electron chi connectivity index (χ1n) is 10.9. The van der Waals surface area contributed by atoms with Gasteiger partial charge in [-0.3, -0.25) is 9.59 Å². The molecule has 10 heteroatoms. The van der Waals surface area contributed by atoms with Crippen molar-refractivity contribution in [1.29, 1.82) is 0 Å². The van der Waals surface area contributed by atoms with Gasteiger partial charge in [0.25, 0.3) is 11.8 Å². The van der Waals surface area contributed by atoms with Gasteiger partial charge >= 0.3 is 12.3 Å². The van der Waals surface area contributed by atoms with Crippen molar-refractivity contribution in [3.8, 4) is 5.75 Å². The monoisotopic (exact) mass is 478 g/mol. The number of carbonyl (C=O) groups excluding carboxylic acids is 3. The van der Waals surface area contributed by atoms with Crippen LogP contribution in [0.2, 0.25) is 0 Å². The highest BCUT2D eigenvalue weighted by Gasteiger charge is 2.30. The van der Waals surface area contributed by atoms with Crippen LogP contribution in [0.25, 0.3) is 0 Å². The summed E-state index contributed by atoms with van der Waals surface area (Å²) in [6.07, 6.45) is -3.89. The first kappa shape index (κ1) is 25.1. The van der Waals surface area contributed by atoms with Gasteiger partial charge in [-0.05, 0) is 74.2 Å². The number of halogens is 3. The molecule has 1 fully saturated rings. The molecule has 0 radical (unpaired) electrons. The van der Waals surface area contributed by atoms with Crippen LogP contribution in [0.1, 0.15) is 46.0 Å². The molecule has 2 amide bonds. The molecule has 0 aliphatic carbocycles. The van der Waals surface area contributed by atoms with Gasteiger partial charge in [-0.15, -0.1) is 0 Å². The molecule has 1 N–H and O–H groups in total. The van der Waals surface area contributed by atoms with Crippen LogP contribution in [-0.2, 0) is 10.9 Å². The second-order valence-electron chi connectivity index (χ2n) is 7.83. The van der Waals surface area contributed by atoms with E-state index in [1.54, 1.807) is 24.0 Å². The standard InChI is InChI=1S/C24H25F3N2O5/c1-2-33-23(32)34-20-9-5-18(6-10-20)22(31)29-13-11-16(12-14-29)15-28-21(30)17-3-7-19(8-4-17)24(25,26)27/h3-10,16H,2,11-15H2,1H3,(H,28,30). The third-order valence-corrected chi connectivity index (χ3v) is 5.49. The summed E-state index contributed by atoms with van der Waals surface area (Å²) < 4.78 is 47.6. The summed E-state index contributed by atoms with van der Waals surface area (Å²) in [5.41, 5.74) is -0.177. The number of likely N-dealkylation sites (tertiary alicyclic amines) is 1. The molecule has 182 valence electrons. The van der Waals surface area contributed by atoms with E-state index in [2.05, 4.69) is 5.32 Å². The first-order valence-corrected chi connectivity index (χ1v) is 10.9. The molecule has 0 spiro atoms. The Balaban J connectivity index is 1.44. The normalized spacial score (nSPS) is 14.4. The van der Waals surface area contributed by atoms with E-state index in [1.807, 2.05) is 0 Å². The number of carbonyl (C=O) groups is 3. The molecule has 1 aliphatic heterocycles. The Morgan fingerprint density at radius 2 is 1.56 bits per heavy atom. The van der Waals surface area contributed by atoms with Gasteiger partial charge in [0.2, 0.25) is 0 Å². The summed E-state index contributed by atoms with van der Waals surface area (Å²) in [6.45, 7) is 3.27. The molecular formula is C24H25F3N2O5. The average Bonchev–Trinajstić information content (AvgIpc) is 2.82. The van der Waals surface area contributed by atoms with E-state index in [0.717, 1.165) is 24.3 Å². The fraction of sp³-hybridized carbons (Fsp3) is 0.375. The minimum atomic E-state index is -4.45. The summed E-state index contributed by atoms with van der Waals surface area (Å²) in [7, 11) is 0. The van der Waals surface area contributed by atoms with E-state index in [9.17, 15) is 27.6 Å². The Hall–Kier alpha value is -3.56. The molecule has 1 aliphatic rings. The van der Waals surface area contributed by atoms with Crippen molar-refractivity contribution in [1.82, 2.24) is 10.2 Å². The van der Waals surface area contributed by atoms with Crippen LogP contribution in [0, 0.1) is 5.92 Å². The molecule has 34 heavy (non-hydrogen) atoms. The van der Waals surface area contributed by atoms with Crippen molar-refractivity contribution in [2.24, 2.45) is 5.92 Å². The lowest BCUT2D eigenvalue weighted by molar-refractivity contribution is -0.137. The number of benzene rings is 2. The first-order chi connectivity index (χ1) is 16.2. The van der Waals surface area contributed by atoms with Crippen LogP contribution in [0.5, 0.6) is 5.75 Å². The summed E-state index contributed by atoms with van der Waals surface area (Å²) in [4.78, 5) is 38.0. The van der Waals surface area contributed by atoms with Gasteiger partial charge in [-0.2, -0.15) is 13.2 Å². The zero-order valence-electron chi connectivity index (χ0n) is 18.6. The lowest BCUT2D eigenvalue weighted by Gasteiger charge is -2.32. The lowest BCUT2D eigenvalue weighted by Crippen LogP contribution is -2.41. The fourth-order valence-electron chi connectivity index (χ4n) is 3.58. The quantitative estimate of drug-likeness (QED) is 0.487. The van der Waals surface area contributed by atoms with E-state index in [0.29, 0.717) is 38.0 Å². The molecule has 0 aromatic heterocycles. The third kappa shape index (κ3) is 6.72. The van der Waals surface area contributed by atoms with Crippen LogP contribution in [0.4, 0.5) is 18.0 Å². The van der Waals surface area contributed by atoms with Gasteiger partial charge in [0.15, 0.2) is 0 Å². The number of piperidine rings is 1. The maximum Gasteiger partial charge on any atom is 0.513 e. The molecule has 3 rings (SSSR count). The van der Waals surface area contributed by atoms with Crippen molar-refractivity contribution in [2.75, 3.05) is 26.2 Å². The Labute approximate surface area is 194 Å². The predicted molar refractivity (Wildman–Crippen MR) is 116 cm³/mol. The van der Waals surface area contributed by atoms with E-state index in [1.165, 1.54) is 12.1 Å². The predicted octanol–water partition coefficient (Wildman–Crippen LogP) is 4.52. The highest BCUT2D eigenvalue weighted by atomic mass is 19.4. The highest BCUT2D eigenvalue weighted by molar-refractivity contribution is 5.95. The van der Waals surface area contributed by atoms with Gasteiger partial charge in [-0.25, -0.2) is 4.79 Å². The summed E-state index contributed by atoms with van der Waals surface area (Å²) in [5, 5.41) is 2.76. The SMILES string of the molecule is CCOC(=O)Oc1ccc(C(=O)N2CCC(CNC(=O)c3ccc(C(F)(F)F)cc3)CC2)cc1. The Morgan fingerprint density at radius 3 is 2.12 bits per heavy atom. The zero-order valence-corrected chi connectivity index (χ0v) is 18.6. The van der Waals surface area contributed by atoms with E-state index in [-0.39, 0.29) is 29.7 Å². The van der Waals surface area contributed by atoms with Crippen molar-refractivity contribution in [3.63, 3.8) is 0 Å². The molecule has 0 bridgehead atoms. The minimum Gasteiger partial charge on any atom is -0.434 e. The number of hydrogen-bond donors (Lipinski definition) is 1. The van der Waals surface area contributed by atoms with Crippen LogP contribution >= 0.6 is 0 Å². The molecule has 2 aromatic carbocycles. The van der Waals surface area contributed by atoms with Gasteiger partial charge in [-0.1, -0.05) is 0 Å². The van der Waals surface area contributed by atoms with Crippen molar-refractivity contribution in [3.05, 3.63) is 65.2 Å². The maximum atomic E-state index is 12.7. The summed E-state index contributed by atoms with van der Waals surface area (Å²) in [6, 6.07) is 10.3. The van der Waals surface area contributed by atoms with Crippen LogP contribution < -0.4 is 10.1 Å². The maximum absolute atomic E-state index is 12.7. The Kier molecular flexibility index (Phi) is 8.14. The van der Waals surface area contributed by atoms with Crippen LogP contribution in [0.15, 0.2) is 48.5 Å². The highest BCUT2D eigenvalue weighted by Crippen LogP contribution is 2.29. The molecule has 7 nitrogen and oxygen atoms in total. The molecule has 1 heterocycles. The van der Waals surface area contributed by atoms with Crippen molar-refractivity contribution < 1.29 is 37.0 Å². The molecule has 2 aromatic rings.